The minimum absolute atomic E-state index is 0.122. The Hall–Kier alpha value is -2.20. The molecule has 0 aliphatic heterocycles. The molecule has 0 unspecified atom stereocenters. The van der Waals surface area contributed by atoms with Gasteiger partial charge in [0, 0.05) is 11.6 Å². The number of amides is 2. The van der Waals surface area contributed by atoms with Crippen LogP contribution in [-0.2, 0) is 6.54 Å². The molecule has 2 rings (SSSR count). The number of carbonyl (C=O) groups is 1. The summed E-state index contributed by atoms with van der Waals surface area (Å²) in [6.45, 7) is 4.57. The summed E-state index contributed by atoms with van der Waals surface area (Å²) in [6.07, 6.45) is 0. The van der Waals surface area contributed by atoms with Crippen molar-refractivity contribution in [1.82, 2.24) is 10.6 Å². The summed E-state index contributed by atoms with van der Waals surface area (Å²) >= 11 is 5.81. The van der Waals surface area contributed by atoms with Crippen LogP contribution in [-0.4, -0.2) is 12.8 Å². The number of carbonyl (C=O) groups excluding carboxylic acids is 1. The van der Waals surface area contributed by atoms with Crippen molar-refractivity contribution in [2.75, 3.05) is 6.73 Å². The van der Waals surface area contributed by atoms with Crippen LogP contribution in [0.15, 0.2) is 42.5 Å². The first-order chi connectivity index (χ1) is 10.6. The quantitative estimate of drug-likeness (QED) is 0.824. The van der Waals surface area contributed by atoms with Gasteiger partial charge in [0.05, 0.1) is 0 Å². The second-order valence-electron chi connectivity index (χ2n) is 4.97. The van der Waals surface area contributed by atoms with Crippen LogP contribution in [0.5, 0.6) is 5.75 Å². The molecule has 22 heavy (non-hydrogen) atoms. The van der Waals surface area contributed by atoms with Gasteiger partial charge in [-0.05, 0) is 48.7 Å². The molecule has 0 aliphatic rings. The first-order valence-electron chi connectivity index (χ1n) is 7.01. The summed E-state index contributed by atoms with van der Waals surface area (Å²) in [5, 5.41) is 6.09. The van der Waals surface area contributed by atoms with Crippen molar-refractivity contribution in [3.63, 3.8) is 0 Å². The lowest BCUT2D eigenvalue weighted by molar-refractivity contribution is 0.223. The Morgan fingerprint density at radius 2 is 1.82 bits per heavy atom. The van der Waals surface area contributed by atoms with Crippen molar-refractivity contribution in [3.05, 3.63) is 64.2 Å². The Labute approximate surface area is 135 Å². The first kappa shape index (κ1) is 16.2. The molecule has 0 saturated heterocycles. The molecular formula is C17H19ClN2O2. The second kappa shape index (κ2) is 7.71. The lowest BCUT2D eigenvalue weighted by atomic mass is 10.1. The van der Waals surface area contributed by atoms with Gasteiger partial charge in [0.2, 0.25) is 0 Å². The predicted molar refractivity (Wildman–Crippen MR) is 88.2 cm³/mol. The molecule has 0 atom stereocenters. The Morgan fingerprint density at radius 1 is 1.09 bits per heavy atom. The van der Waals surface area contributed by atoms with Crippen LogP contribution in [0, 0.1) is 13.8 Å². The fraction of sp³-hybridized carbons (Fsp3) is 0.235. The largest absolute Gasteiger partial charge is 0.473 e. The average Bonchev–Trinajstić information content (AvgIpc) is 2.51. The maximum Gasteiger partial charge on any atom is 0.317 e. The maximum absolute atomic E-state index is 11.7. The van der Waals surface area contributed by atoms with E-state index >= 15 is 0 Å². The minimum atomic E-state index is -0.278. The Morgan fingerprint density at radius 3 is 2.55 bits per heavy atom. The number of rotatable bonds is 5. The van der Waals surface area contributed by atoms with Crippen LogP contribution in [0.25, 0.3) is 0 Å². The van der Waals surface area contributed by atoms with Gasteiger partial charge in [0.15, 0.2) is 6.73 Å². The fourth-order valence-electron chi connectivity index (χ4n) is 1.91. The van der Waals surface area contributed by atoms with Gasteiger partial charge in [-0.3, -0.25) is 0 Å². The van der Waals surface area contributed by atoms with Gasteiger partial charge in [-0.15, -0.1) is 0 Å². The van der Waals surface area contributed by atoms with Gasteiger partial charge in [-0.2, -0.15) is 0 Å². The number of nitrogens with one attached hydrogen (secondary N) is 2. The Kier molecular flexibility index (Phi) is 5.67. The van der Waals surface area contributed by atoms with E-state index in [1.54, 1.807) is 12.1 Å². The summed E-state index contributed by atoms with van der Waals surface area (Å²) in [7, 11) is 0. The highest BCUT2D eigenvalue weighted by atomic mass is 35.5. The molecule has 2 aromatic carbocycles. The SMILES string of the molecule is Cc1cccc(OCNC(=O)NCc2ccc(Cl)cc2)c1C. The molecule has 2 aromatic rings. The molecule has 0 heterocycles. The molecule has 4 nitrogen and oxygen atoms in total. The number of benzene rings is 2. The topological polar surface area (TPSA) is 50.4 Å². The monoisotopic (exact) mass is 318 g/mol. The number of urea groups is 1. The molecule has 2 amide bonds. The molecule has 0 aliphatic carbocycles. The number of halogens is 1. The summed E-state index contributed by atoms with van der Waals surface area (Å²) in [6, 6.07) is 12.9. The third-order valence-electron chi connectivity index (χ3n) is 3.38. The van der Waals surface area contributed by atoms with Crippen molar-refractivity contribution in [1.29, 1.82) is 0 Å². The van der Waals surface area contributed by atoms with Crippen LogP contribution in [0.4, 0.5) is 4.79 Å². The van der Waals surface area contributed by atoms with E-state index in [1.807, 2.05) is 44.2 Å². The molecule has 0 saturated carbocycles. The molecule has 0 fully saturated rings. The number of ether oxygens (including phenoxy) is 1. The van der Waals surface area contributed by atoms with Gasteiger partial charge in [-0.1, -0.05) is 35.9 Å². The van der Waals surface area contributed by atoms with E-state index in [1.165, 1.54) is 0 Å². The molecular weight excluding hydrogens is 300 g/mol. The van der Waals surface area contributed by atoms with Crippen molar-refractivity contribution in [2.45, 2.75) is 20.4 Å². The maximum atomic E-state index is 11.7. The van der Waals surface area contributed by atoms with E-state index in [9.17, 15) is 4.79 Å². The Balaban J connectivity index is 1.74. The van der Waals surface area contributed by atoms with Crippen LogP contribution >= 0.6 is 11.6 Å². The minimum Gasteiger partial charge on any atom is -0.473 e. The number of aryl methyl sites for hydroxylation is 1. The first-order valence-corrected chi connectivity index (χ1v) is 7.39. The molecule has 5 heteroatoms. The molecule has 0 spiro atoms. The average molecular weight is 319 g/mol. The normalized spacial score (nSPS) is 10.1. The zero-order valence-electron chi connectivity index (χ0n) is 12.7. The zero-order chi connectivity index (χ0) is 15.9. The van der Waals surface area contributed by atoms with Crippen LogP contribution < -0.4 is 15.4 Å². The lowest BCUT2D eigenvalue weighted by Crippen LogP contribution is -2.37. The summed E-state index contributed by atoms with van der Waals surface area (Å²) in [5.74, 6) is 0.776. The molecule has 0 aromatic heterocycles. The van der Waals surface area contributed by atoms with Gasteiger partial charge in [0.25, 0.3) is 0 Å². The zero-order valence-corrected chi connectivity index (χ0v) is 13.4. The molecule has 0 bridgehead atoms. The summed E-state index contributed by atoms with van der Waals surface area (Å²) < 4.78 is 5.57. The van der Waals surface area contributed by atoms with E-state index in [4.69, 9.17) is 16.3 Å². The van der Waals surface area contributed by atoms with Crippen molar-refractivity contribution in [3.8, 4) is 5.75 Å². The van der Waals surface area contributed by atoms with E-state index in [-0.39, 0.29) is 12.8 Å². The van der Waals surface area contributed by atoms with E-state index in [0.717, 1.165) is 22.4 Å². The van der Waals surface area contributed by atoms with Crippen molar-refractivity contribution < 1.29 is 9.53 Å². The van der Waals surface area contributed by atoms with E-state index < -0.39 is 0 Å². The summed E-state index contributed by atoms with van der Waals surface area (Å²) in [5.41, 5.74) is 3.21. The standard InChI is InChI=1S/C17H19ClN2O2/c1-12-4-3-5-16(13(12)2)22-11-20-17(21)19-10-14-6-8-15(18)9-7-14/h3-9H,10-11H2,1-2H3,(H2,19,20,21). The molecule has 2 N–H and O–H groups in total. The van der Waals surface area contributed by atoms with Crippen molar-refractivity contribution >= 4 is 17.6 Å². The highest BCUT2D eigenvalue weighted by molar-refractivity contribution is 6.30. The van der Waals surface area contributed by atoms with Crippen LogP contribution in [0.2, 0.25) is 5.02 Å². The van der Waals surface area contributed by atoms with Crippen LogP contribution in [0.1, 0.15) is 16.7 Å². The van der Waals surface area contributed by atoms with Gasteiger partial charge >= 0.3 is 6.03 Å². The summed E-state index contributed by atoms with van der Waals surface area (Å²) in [4.78, 5) is 11.7. The molecule has 0 radical (unpaired) electrons. The van der Waals surface area contributed by atoms with Gasteiger partial charge < -0.3 is 15.4 Å². The number of hydrogen-bond donors (Lipinski definition) is 2. The fourth-order valence-corrected chi connectivity index (χ4v) is 2.03. The van der Waals surface area contributed by atoms with Gasteiger partial charge in [0.1, 0.15) is 5.75 Å². The van der Waals surface area contributed by atoms with E-state index in [0.29, 0.717) is 11.6 Å². The third kappa shape index (κ3) is 4.67. The predicted octanol–water partition coefficient (Wildman–Crippen LogP) is 3.79. The van der Waals surface area contributed by atoms with E-state index in [2.05, 4.69) is 10.6 Å². The van der Waals surface area contributed by atoms with Crippen molar-refractivity contribution in [2.24, 2.45) is 0 Å². The Bertz CT molecular complexity index is 642. The van der Waals surface area contributed by atoms with Gasteiger partial charge in [-0.25, -0.2) is 4.79 Å². The number of hydrogen-bond acceptors (Lipinski definition) is 2. The highest BCUT2D eigenvalue weighted by Crippen LogP contribution is 2.19. The van der Waals surface area contributed by atoms with Crippen LogP contribution in [0.3, 0.4) is 0 Å². The molecule has 116 valence electrons. The second-order valence-corrected chi connectivity index (χ2v) is 5.41. The smallest absolute Gasteiger partial charge is 0.317 e. The highest BCUT2D eigenvalue weighted by Gasteiger charge is 2.03. The third-order valence-corrected chi connectivity index (χ3v) is 3.63. The lowest BCUT2D eigenvalue weighted by Gasteiger charge is -2.12.